The van der Waals surface area contributed by atoms with Crippen molar-refractivity contribution in [1.29, 1.82) is 0 Å². The van der Waals surface area contributed by atoms with Crippen LogP contribution in [0.4, 0.5) is 0 Å². The summed E-state index contributed by atoms with van der Waals surface area (Å²) in [5.41, 5.74) is 1.99. The quantitative estimate of drug-likeness (QED) is 0.592. The van der Waals surface area contributed by atoms with Crippen molar-refractivity contribution in [3.8, 4) is 0 Å². The van der Waals surface area contributed by atoms with Crippen LogP contribution in [-0.4, -0.2) is 31.5 Å². The van der Waals surface area contributed by atoms with Crippen LogP contribution >= 0.6 is 23.4 Å². The number of aromatic amines is 1. The molecule has 1 aromatic carbocycles. The van der Waals surface area contributed by atoms with Crippen molar-refractivity contribution in [3.05, 3.63) is 47.4 Å². The Bertz CT molecular complexity index is 723. The van der Waals surface area contributed by atoms with Gasteiger partial charge in [0.25, 0.3) is 0 Å². The molecule has 0 spiro atoms. The summed E-state index contributed by atoms with van der Waals surface area (Å²) >= 11 is 7.13. The van der Waals surface area contributed by atoms with Gasteiger partial charge in [-0.2, -0.15) is 0 Å². The van der Waals surface area contributed by atoms with Crippen LogP contribution in [0.25, 0.3) is 11.2 Å². The molecular weight excluding hydrogens is 296 g/mol. The minimum absolute atomic E-state index is 0.0261. The summed E-state index contributed by atoms with van der Waals surface area (Å²) in [4.78, 5) is 27.3. The summed E-state index contributed by atoms with van der Waals surface area (Å²) in [5.74, 6) is 0.327. The molecule has 5 nitrogen and oxygen atoms in total. The van der Waals surface area contributed by atoms with Gasteiger partial charge in [0.15, 0.2) is 16.6 Å². The fraction of sp³-hybridized carbons (Fsp3) is 0.0769. The summed E-state index contributed by atoms with van der Waals surface area (Å²) in [6.45, 7) is 0. The van der Waals surface area contributed by atoms with Crippen LogP contribution in [-0.2, 0) is 0 Å². The molecule has 3 rings (SSSR count). The molecule has 0 saturated heterocycles. The molecule has 0 fully saturated rings. The van der Waals surface area contributed by atoms with Crippen LogP contribution in [0.3, 0.4) is 0 Å². The largest absolute Gasteiger partial charge is 0.330 e. The van der Waals surface area contributed by atoms with Gasteiger partial charge < -0.3 is 4.98 Å². The minimum atomic E-state index is 0.0261. The third-order valence-electron chi connectivity index (χ3n) is 2.65. The zero-order valence-electron chi connectivity index (χ0n) is 10.2. The zero-order valence-corrected chi connectivity index (χ0v) is 11.8. The number of imidazole rings is 1. The average molecular weight is 305 g/mol. The van der Waals surface area contributed by atoms with Crippen LogP contribution in [0.5, 0.6) is 0 Å². The first kappa shape index (κ1) is 13.1. The van der Waals surface area contributed by atoms with E-state index in [1.54, 1.807) is 30.5 Å². The second kappa shape index (κ2) is 5.60. The molecule has 100 valence electrons. The van der Waals surface area contributed by atoms with Crippen LogP contribution in [0.1, 0.15) is 10.4 Å². The molecule has 7 heteroatoms. The number of halogens is 1. The third-order valence-corrected chi connectivity index (χ3v) is 3.77. The van der Waals surface area contributed by atoms with Gasteiger partial charge in [-0.15, -0.1) is 0 Å². The number of aromatic nitrogens is 4. The summed E-state index contributed by atoms with van der Waals surface area (Å²) in [5, 5.41) is 1.27. The van der Waals surface area contributed by atoms with Crippen LogP contribution in [0.15, 0.2) is 41.9 Å². The van der Waals surface area contributed by atoms with E-state index in [1.807, 2.05) is 0 Å². The van der Waals surface area contributed by atoms with E-state index in [2.05, 4.69) is 19.9 Å². The number of rotatable bonds is 4. The first-order valence-corrected chi connectivity index (χ1v) is 7.16. The van der Waals surface area contributed by atoms with E-state index in [4.69, 9.17) is 11.6 Å². The van der Waals surface area contributed by atoms with Gasteiger partial charge in [-0.1, -0.05) is 23.4 Å². The topological polar surface area (TPSA) is 71.5 Å². The Balaban J connectivity index is 1.69. The number of carbonyl (C=O) groups is 1. The number of benzene rings is 1. The second-order valence-corrected chi connectivity index (χ2v) is 5.42. The monoisotopic (exact) mass is 304 g/mol. The lowest BCUT2D eigenvalue weighted by molar-refractivity contribution is 0.102. The summed E-state index contributed by atoms with van der Waals surface area (Å²) in [6.07, 6.45) is 3.09. The SMILES string of the molecule is O=C(CSc1nc2ncncc2[nH]1)c1ccc(Cl)cc1. The highest BCUT2D eigenvalue weighted by atomic mass is 35.5. The number of ketones is 1. The molecule has 0 bridgehead atoms. The average Bonchev–Trinajstić information content (AvgIpc) is 2.88. The maximum absolute atomic E-state index is 12.0. The van der Waals surface area contributed by atoms with Crippen LogP contribution in [0.2, 0.25) is 5.02 Å². The van der Waals surface area contributed by atoms with Crippen molar-refractivity contribution in [2.24, 2.45) is 0 Å². The van der Waals surface area contributed by atoms with Gasteiger partial charge in [-0.25, -0.2) is 15.0 Å². The molecule has 2 heterocycles. The molecule has 2 aromatic heterocycles. The van der Waals surface area contributed by atoms with E-state index in [0.29, 0.717) is 27.1 Å². The van der Waals surface area contributed by atoms with E-state index in [1.165, 1.54) is 18.1 Å². The van der Waals surface area contributed by atoms with Gasteiger partial charge in [0.05, 0.1) is 11.9 Å². The summed E-state index contributed by atoms with van der Waals surface area (Å²) < 4.78 is 0. The van der Waals surface area contributed by atoms with Gasteiger partial charge in [-0.3, -0.25) is 4.79 Å². The number of hydrogen-bond donors (Lipinski definition) is 1. The van der Waals surface area contributed by atoms with E-state index >= 15 is 0 Å². The van der Waals surface area contributed by atoms with Crippen molar-refractivity contribution in [1.82, 2.24) is 19.9 Å². The van der Waals surface area contributed by atoms with Crippen molar-refractivity contribution < 1.29 is 4.79 Å². The van der Waals surface area contributed by atoms with Gasteiger partial charge in [0, 0.05) is 10.6 Å². The standard InChI is InChI=1S/C13H9ClN4OS/c14-9-3-1-8(2-4-9)11(19)6-20-13-17-10-5-15-7-16-12(10)18-13/h1-5,7H,6H2,(H,15,16,17,18). The predicted molar refractivity (Wildman–Crippen MR) is 78.2 cm³/mol. The number of Topliss-reactive ketones (excluding diaryl/α,β-unsaturated/α-hetero) is 1. The van der Waals surface area contributed by atoms with Crippen molar-refractivity contribution in [2.45, 2.75) is 5.16 Å². The Hall–Kier alpha value is -1.92. The minimum Gasteiger partial charge on any atom is -0.330 e. The lowest BCUT2D eigenvalue weighted by atomic mass is 10.1. The third kappa shape index (κ3) is 2.81. The maximum Gasteiger partial charge on any atom is 0.181 e. The number of H-pyrrole nitrogens is 1. The predicted octanol–water partition coefficient (Wildman–Crippen LogP) is 2.98. The molecule has 0 atom stereocenters. The summed E-state index contributed by atoms with van der Waals surface area (Å²) in [7, 11) is 0. The first-order valence-electron chi connectivity index (χ1n) is 5.79. The number of nitrogens with one attached hydrogen (secondary N) is 1. The molecule has 0 aliphatic carbocycles. The Morgan fingerprint density at radius 1 is 1.30 bits per heavy atom. The molecular formula is C13H9ClN4OS. The molecule has 20 heavy (non-hydrogen) atoms. The van der Waals surface area contributed by atoms with Gasteiger partial charge in [0.1, 0.15) is 11.8 Å². The molecule has 1 N–H and O–H groups in total. The summed E-state index contributed by atoms with van der Waals surface area (Å²) in [6, 6.07) is 6.84. The second-order valence-electron chi connectivity index (χ2n) is 4.02. The maximum atomic E-state index is 12.0. The highest BCUT2D eigenvalue weighted by molar-refractivity contribution is 7.99. The van der Waals surface area contributed by atoms with Gasteiger partial charge in [-0.05, 0) is 24.3 Å². The Labute approximate surface area is 123 Å². The lowest BCUT2D eigenvalue weighted by Gasteiger charge is -1.99. The highest BCUT2D eigenvalue weighted by Gasteiger charge is 2.09. The molecule has 0 saturated carbocycles. The first-order chi connectivity index (χ1) is 9.72. The molecule has 0 aliphatic heterocycles. The van der Waals surface area contributed by atoms with Crippen LogP contribution in [0, 0.1) is 0 Å². The van der Waals surface area contributed by atoms with Gasteiger partial charge in [0.2, 0.25) is 0 Å². The number of carbonyl (C=O) groups excluding carboxylic acids is 1. The number of fused-ring (bicyclic) bond motifs is 1. The van der Waals surface area contributed by atoms with E-state index in [9.17, 15) is 4.79 Å². The number of nitrogens with zero attached hydrogens (tertiary/aromatic N) is 3. The molecule has 0 aliphatic rings. The van der Waals surface area contributed by atoms with Crippen LogP contribution < -0.4 is 0 Å². The van der Waals surface area contributed by atoms with E-state index < -0.39 is 0 Å². The molecule has 0 unspecified atom stereocenters. The molecule has 3 aromatic rings. The Morgan fingerprint density at radius 3 is 2.85 bits per heavy atom. The molecule has 0 radical (unpaired) electrons. The Kier molecular flexibility index (Phi) is 3.66. The molecule has 0 amide bonds. The lowest BCUT2D eigenvalue weighted by Crippen LogP contribution is -2.02. The fourth-order valence-corrected chi connectivity index (χ4v) is 2.55. The normalized spacial score (nSPS) is 10.8. The number of thioether (sulfide) groups is 1. The Morgan fingerprint density at radius 2 is 2.10 bits per heavy atom. The zero-order chi connectivity index (χ0) is 13.9. The number of hydrogen-bond acceptors (Lipinski definition) is 5. The fourth-order valence-electron chi connectivity index (χ4n) is 1.66. The van der Waals surface area contributed by atoms with Crippen molar-refractivity contribution >= 4 is 40.3 Å². The van der Waals surface area contributed by atoms with Gasteiger partial charge >= 0.3 is 0 Å². The van der Waals surface area contributed by atoms with E-state index in [0.717, 1.165) is 5.52 Å². The smallest absolute Gasteiger partial charge is 0.181 e. The van der Waals surface area contributed by atoms with Crippen molar-refractivity contribution in [3.63, 3.8) is 0 Å². The highest BCUT2D eigenvalue weighted by Crippen LogP contribution is 2.19. The van der Waals surface area contributed by atoms with E-state index in [-0.39, 0.29) is 5.78 Å². The van der Waals surface area contributed by atoms with Crippen molar-refractivity contribution in [2.75, 3.05) is 5.75 Å².